The first kappa shape index (κ1) is 19.5. The van der Waals surface area contributed by atoms with Crippen LogP contribution in [0.25, 0.3) is 0 Å². The topological polar surface area (TPSA) is 49.3 Å². The Hall–Kier alpha value is -2.80. The predicted octanol–water partition coefficient (Wildman–Crippen LogP) is 3.93. The quantitative estimate of drug-likeness (QED) is 0.654. The zero-order valence-electron chi connectivity index (χ0n) is 16.5. The van der Waals surface area contributed by atoms with E-state index in [2.05, 4.69) is 40.5 Å². The number of halogens is 1. The molecule has 0 unspecified atom stereocenters. The van der Waals surface area contributed by atoms with Gasteiger partial charge in [-0.1, -0.05) is 35.9 Å². The molecule has 1 fully saturated rings. The summed E-state index contributed by atoms with van der Waals surface area (Å²) in [5, 5.41) is 0.886. The summed E-state index contributed by atoms with van der Waals surface area (Å²) in [6.07, 6.45) is 0.713. The van der Waals surface area contributed by atoms with Crippen LogP contribution in [0, 0.1) is 12.7 Å². The van der Waals surface area contributed by atoms with Gasteiger partial charge in [-0.05, 0) is 37.6 Å². The Morgan fingerprint density at radius 3 is 2.72 bits per heavy atom. The number of nitrogens with zero attached hydrogens (tertiary/aromatic N) is 4. The summed E-state index contributed by atoms with van der Waals surface area (Å²) in [6.45, 7) is 6.02. The summed E-state index contributed by atoms with van der Waals surface area (Å²) < 4.78 is 18.0. The molecule has 2 heterocycles. The predicted molar refractivity (Wildman–Crippen MR) is 113 cm³/mol. The second kappa shape index (κ2) is 8.29. The van der Waals surface area contributed by atoms with E-state index in [0.717, 1.165) is 11.0 Å². The minimum absolute atomic E-state index is 0.00367. The second-order valence-electron chi connectivity index (χ2n) is 7.46. The van der Waals surface area contributed by atoms with Gasteiger partial charge < -0.3 is 9.80 Å². The van der Waals surface area contributed by atoms with Crippen molar-refractivity contribution in [3.05, 3.63) is 76.9 Å². The van der Waals surface area contributed by atoms with Crippen molar-refractivity contribution in [3.8, 4) is 0 Å². The van der Waals surface area contributed by atoms with Crippen LogP contribution in [0.1, 0.15) is 34.2 Å². The van der Waals surface area contributed by atoms with Crippen molar-refractivity contribution in [2.75, 3.05) is 24.5 Å². The molecule has 0 aliphatic carbocycles. The average Bonchev–Trinajstić information content (AvgIpc) is 3.18. The van der Waals surface area contributed by atoms with Gasteiger partial charge in [0.2, 0.25) is 5.13 Å². The molecule has 2 aromatic carbocycles. The van der Waals surface area contributed by atoms with Crippen LogP contribution < -0.4 is 4.90 Å². The number of hydrogen-bond acceptors (Lipinski definition) is 5. The fourth-order valence-corrected chi connectivity index (χ4v) is 4.27. The van der Waals surface area contributed by atoms with Crippen molar-refractivity contribution in [2.45, 2.75) is 26.3 Å². The molecular weight excluding hydrogens is 387 g/mol. The van der Waals surface area contributed by atoms with E-state index in [4.69, 9.17) is 4.98 Å². The van der Waals surface area contributed by atoms with Gasteiger partial charge in [-0.2, -0.15) is 4.37 Å². The Bertz CT molecular complexity index is 1000. The van der Waals surface area contributed by atoms with Crippen molar-refractivity contribution < 1.29 is 9.18 Å². The minimum atomic E-state index is -0.392. The normalized spacial score (nSPS) is 16.9. The van der Waals surface area contributed by atoms with Crippen LogP contribution in [-0.4, -0.2) is 45.8 Å². The molecule has 5 nitrogen and oxygen atoms in total. The number of amides is 1. The third kappa shape index (κ3) is 4.45. The summed E-state index contributed by atoms with van der Waals surface area (Å²) in [6, 6.07) is 14.3. The Kier molecular flexibility index (Phi) is 5.58. The molecule has 0 radical (unpaired) electrons. The molecule has 7 heteroatoms. The monoisotopic (exact) mass is 410 g/mol. The number of carbonyl (C=O) groups is 1. The Balaban J connectivity index is 1.40. The zero-order chi connectivity index (χ0) is 20.4. The summed E-state index contributed by atoms with van der Waals surface area (Å²) in [7, 11) is 0. The summed E-state index contributed by atoms with van der Waals surface area (Å²) >= 11 is 1.40. The van der Waals surface area contributed by atoms with Gasteiger partial charge in [0.05, 0.1) is 0 Å². The molecule has 0 bridgehead atoms. The molecule has 0 saturated carbocycles. The van der Waals surface area contributed by atoms with Gasteiger partial charge in [-0.3, -0.25) is 4.79 Å². The van der Waals surface area contributed by atoms with E-state index in [1.807, 2.05) is 6.92 Å². The lowest BCUT2D eigenvalue weighted by Gasteiger charge is -2.39. The number of anilines is 1. The lowest BCUT2D eigenvalue weighted by Crippen LogP contribution is -2.54. The van der Waals surface area contributed by atoms with E-state index in [-0.39, 0.29) is 11.9 Å². The highest BCUT2D eigenvalue weighted by Gasteiger charge is 2.29. The first-order valence-corrected chi connectivity index (χ1v) is 10.5. The number of aromatic nitrogens is 2. The van der Waals surface area contributed by atoms with Crippen LogP contribution in [-0.2, 0) is 6.42 Å². The van der Waals surface area contributed by atoms with Crippen LogP contribution >= 0.6 is 11.5 Å². The number of aryl methyl sites for hydroxylation is 1. The van der Waals surface area contributed by atoms with Gasteiger partial charge in [0.15, 0.2) is 0 Å². The first-order chi connectivity index (χ1) is 14.0. The number of rotatable bonds is 4. The molecule has 150 valence electrons. The van der Waals surface area contributed by atoms with Gasteiger partial charge in [-0.25, -0.2) is 9.37 Å². The maximum absolute atomic E-state index is 13.5. The van der Waals surface area contributed by atoms with Crippen molar-refractivity contribution >= 4 is 22.6 Å². The standard InChI is InChI=1S/C22H23FN4OS/c1-15-6-8-17(9-7-15)12-20-24-22(29-25-20)26-10-11-27(16(2)14-26)21(28)18-4-3-5-19(23)13-18/h3-9,13,16H,10-12,14H2,1-2H3/t16-/m0/s1. The highest BCUT2D eigenvalue weighted by Crippen LogP contribution is 2.23. The molecule has 0 spiro atoms. The zero-order valence-corrected chi connectivity index (χ0v) is 17.3. The van der Waals surface area contributed by atoms with E-state index in [1.54, 1.807) is 17.0 Å². The SMILES string of the molecule is Cc1ccc(Cc2nsc(N3CCN(C(=O)c4cccc(F)c4)[C@@H](C)C3)n2)cc1. The van der Waals surface area contributed by atoms with Crippen LogP contribution in [0.15, 0.2) is 48.5 Å². The van der Waals surface area contributed by atoms with E-state index in [1.165, 1.54) is 34.8 Å². The molecule has 1 aromatic heterocycles. The van der Waals surface area contributed by atoms with E-state index < -0.39 is 5.82 Å². The fraction of sp³-hybridized carbons (Fsp3) is 0.318. The molecule has 1 saturated heterocycles. The number of piperazine rings is 1. The first-order valence-electron chi connectivity index (χ1n) is 9.69. The maximum atomic E-state index is 13.5. The number of hydrogen-bond donors (Lipinski definition) is 0. The Labute approximate surface area is 174 Å². The lowest BCUT2D eigenvalue weighted by atomic mass is 10.1. The maximum Gasteiger partial charge on any atom is 0.254 e. The lowest BCUT2D eigenvalue weighted by molar-refractivity contribution is 0.0673. The Morgan fingerprint density at radius 1 is 1.21 bits per heavy atom. The van der Waals surface area contributed by atoms with Crippen LogP contribution in [0.5, 0.6) is 0 Å². The molecule has 1 aliphatic rings. The van der Waals surface area contributed by atoms with E-state index >= 15 is 0 Å². The summed E-state index contributed by atoms with van der Waals surface area (Å²) in [5.74, 6) is 0.297. The van der Waals surface area contributed by atoms with Gasteiger partial charge >= 0.3 is 0 Å². The third-order valence-electron chi connectivity index (χ3n) is 5.17. The number of carbonyl (C=O) groups excluding carboxylic acids is 1. The smallest absolute Gasteiger partial charge is 0.254 e. The van der Waals surface area contributed by atoms with E-state index in [0.29, 0.717) is 31.6 Å². The molecule has 1 aliphatic heterocycles. The molecule has 29 heavy (non-hydrogen) atoms. The van der Waals surface area contributed by atoms with Crippen molar-refractivity contribution in [1.29, 1.82) is 0 Å². The summed E-state index contributed by atoms with van der Waals surface area (Å²) in [4.78, 5) is 21.4. The van der Waals surface area contributed by atoms with Crippen LogP contribution in [0.4, 0.5) is 9.52 Å². The highest BCUT2D eigenvalue weighted by atomic mass is 32.1. The molecule has 4 rings (SSSR count). The minimum Gasteiger partial charge on any atom is -0.343 e. The van der Waals surface area contributed by atoms with Crippen molar-refractivity contribution in [3.63, 3.8) is 0 Å². The molecule has 3 aromatic rings. The second-order valence-corrected chi connectivity index (χ2v) is 8.19. The largest absolute Gasteiger partial charge is 0.343 e. The molecule has 1 atom stereocenters. The molecular formula is C22H23FN4OS. The fourth-order valence-electron chi connectivity index (χ4n) is 3.55. The molecule has 0 N–H and O–H groups in total. The van der Waals surface area contributed by atoms with Gasteiger partial charge in [0, 0.05) is 49.2 Å². The number of benzene rings is 2. The van der Waals surface area contributed by atoms with Crippen molar-refractivity contribution in [1.82, 2.24) is 14.3 Å². The highest BCUT2D eigenvalue weighted by molar-refractivity contribution is 7.09. The Morgan fingerprint density at radius 2 is 2.00 bits per heavy atom. The third-order valence-corrected chi connectivity index (χ3v) is 5.99. The van der Waals surface area contributed by atoms with Gasteiger partial charge in [0.25, 0.3) is 5.91 Å². The molecule has 1 amide bonds. The van der Waals surface area contributed by atoms with E-state index in [9.17, 15) is 9.18 Å². The van der Waals surface area contributed by atoms with Crippen LogP contribution in [0.3, 0.4) is 0 Å². The summed E-state index contributed by atoms with van der Waals surface area (Å²) in [5.41, 5.74) is 2.82. The average molecular weight is 411 g/mol. The van der Waals surface area contributed by atoms with Gasteiger partial charge in [-0.15, -0.1) is 0 Å². The van der Waals surface area contributed by atoms with Crippen molar-refractivity contribution in [2.24, 2.45) is 0 Å². The van der Waals surface area contributed by atoms with Crippen LogP contribution in [0.2, 0.25) is 0 Å². The van der Waals surface area contributed by atoms with Gasteiger partial charge in [0.1, 0.15) is 11.6 Å².